The minimum atomic E-state index is -0.242. The summed E-state index contributed by atoms with van der Waals surface area (Å²) in [6, 6.07) is 4.62. The molecule has 0 radical (unpaired) electrons. The Balaban J connectivity index is 2.81. The van der Waals surface area contributed by atoms with Crippen molar-refractivity contribution >= 4 is 15.9 Å². The summed E-state index contributed by atoms with van der Waals surface area (Å²) in [6.07, 6.45) is 1.50. The van der Waals surface area contributed by atoms with Crippen LogP contribution < -0.4 is 11.3 Å². The number of nitrogens with one attached hydrogen (secondary N) is 1. The van der Waals surface area contributed by atoms with Gasteiger partial charge in [-0.1, -0.05) is 22.9 Å². The average molecular weight is 319 g/mol. The van der Waals surface area contributed by atoms with Crippen molar-refractivity contribution in [2.75, 3.05) is 6.61 Å². The van der Waals surface area contributed by atoms with Crippen LogP contribution in [0.25, 0.3) is 0 Å². The van der Waals surface area contributed by atoms with Gasteiger partial charge in [0.25, 0.3) is 0 Å². The Morgan fingerprint density at radius 2 is 2.17 bits per heavy atom. The molecule has 5 heteroatoms. The van der Waals surface area contributed by atoms with Crippen molar-refractivity contribution in [2.45, 2.75) is 38.8 Å². The Kier molecular flexibility index (Phi) is 6.78. The number of ether oxygens (including phenoxy) is 1. The molecule has 0 bridgehead atoms. The van der Waals surface area contributed by atoms with Crippen molar-refractivity contribution in [3.63, 3.8) is 0 Å². The van der Waals surface area contributed by atoms with E-state index in [2.05, 4.69) is 21.4 Å². The van der Waals surface area contributed by atoms with E-state index in [1.54, 1.807) is 6.07 Å². The molecule has 0 aliphatic rings. The van der Waals surface area contributed by atoms with Gasteiger partial charge < -0.3 is 4.74 Å². The quantitative estimate of drug-likeness (QED) is 0.600. The van der Waals surface area contributed by atoms with Crippen LogP contribution in [-0.4, -0.2) is 18.8 Å². The first-order valence-electron chi connectivity index (χ1n) is 6.14. The minimum Gasteiger partial charge on any atom is -0.377 e. The highest BCUT2D eigenvalue weighted by molar-refractivity contribution is 9.10. The number of hydrogen-bond donors (Lipinski definition) is 2. The van der Waals surface area contributed by atoms with E-state index in [1.165, 1.54) is 12.1 Å². The van der Waals surface area contributed by atoms with Crippen LogP contribution >= 0.6 is 15.9 Å². The van der Waals surface area contributed by atoms with Gasteiger partial charge in [0.2, 0.25) is 0 Å². The smallest absolute Gasteiger partial charge is 0.123 e. The molecule has 0 aromatic heterocycles. The molecule has 0 spiro atoms. The molecule has 0 saturated carbocycles. The Bertz CT molecular complexity index is 376. The largest absolute Gasteiger partial charge is 0.377 e. The van der Waals surface area contributed by atoms with Crippen molar-refractivity contribution in [1.29, 1.82) is 0 Å². The highest BCUT2D eigenvalue weighted by Gasteiger charge is 2.20. The standard InChI is InChI=1S/C13H20BrFN2O/c1-3-13(18-4-2)12(17-16)8-9-7-10(15)5-6-11(9)14/h5-7,12-13,17H,3-4,8,16H2,1-2H3. The van der Waals surface area contributed by atoms with E-state index >= 15 is 0 Å². The third kappa shape index (κ3) is 4.31. The Morgan fingerprint density at radius 1 is 1.44 bits per heavy atom. The summed E-state index contributed by atoms with van der Waals surface area (Å²) in [5, 5.41) is 0. The molecular formula is C13H20BrFN2O. The second-order valence-electron chi connectivity index (χ2n) is 4.12. The lowest BCUT2D eigenvalue weighted by Gasteiger charge is -2.26. The number of benzene rings is 1. The Labute approximate surface area is 116 Å². The third-order valence-electron chi connectivity index (χ3n) is 2.89. The van der Waals surface area contributed by atoms with Crippen LogP contribution in [0.4, 0.5) is 4.39 Å². The first-order chi connectivity index (χ1) is 8.62. The highest BCUT2D eigenvalue weighted by Crippen LogP contribution is 2.21. The summed E-state index contributed by atoms with van der Waals surface area (Å²) in [5.41, 5.74) is 3.65. The van der Waals surface area contributed by atoms with E-state index in [-0.39, 0.29) is 18.0 Å². The molecule has 1 rings (SSSR count). The SMILES string of the molecule is CCOC(CC)C(Cc1cc(F)ccc1Br)NN. The molecule has 2 unspecified atom stereocenters. The fourth-order valence-corrected chi connectivity index (χ4v) is 2.38. The molecule has 0 heterocycles. The summed E-state index contributed by atoms with van der Waals surface area (Å²) < 4.78 is 19.7. The maximum Gasteiger partial charge on any atom is 0.123 e. The fourth-order valence-electron chi connectivity index (χ4n) is 1.97. The first kappa shape index (κ1) is 15.6. The highest BCUT2D eigenvalue weighted by atomic mass is 79.9. The van der Waals surface area contributed by atoms with Crippen molar-refractivity contribution < 1.29 is 9.13 Å². The monoisotopic (exact) mass is 318 g/mol. The predicted molar refractivity (Wildman–Crippen MR) is 74.6 cm³/mol. The maximum absolute atomic E-state index is 13.2. The van der Waals surface area contributed by atoms with E-state index in [4.69, 9.17) is 10.6 Å². The lowest BCUT2D eigenvalue weighted by Crippen LogP contribution is -2.46. The molecule has 0 aliphatic carbocycles. The average Bonchev–Trinajstić information content (AvgIpc) is 2.37. The van der Waals surface area contributed by atoms with Crippen molar-refractivity contribution in [3.8, 4) is 0 Å². The molecule has 18 heavy (non-hydrogen) atoms. The lowest BCUT2D eigenvalue weighted by molar-refractivity contribution is 0.0319. The summed E-state index contributed by atoms with van der Waals surface area (Å²) in [4.78, 5) is 0. The van der Waals surface area contributed by atoms with Crippen molar-refractivity contribution in [1.82, 2.24) is 5.43 Å². The van der Waals surface area contributed by atoms with Gasteiger partial charge >= 0.3 is 0 Å². The van der Waals surface area contributed by atoms with Crippen molar-refractivity contribution in [3.05, 3.63) is 34.1 Å². The van der Waals surface area contributed by atoms with Crippen LogP contribution in [0.2, 0.25) is 0 Å². The van der Waals surface area contributed by atoms with Gasteiger partial charge in [0.15, 0.2) is 0 Å². The summed E-state index contributed by atoms with van der Waals surface area (Å²) in [6.45, 7) is 4.64. The van der Waals surface area contributed by atoms with Crippen LogP contribution in [0.15, 0.2) is 22.7 Å². The van der Waals surface area contributed by atoms with Gasteiger partial charge in [-0.05, 0) is 43.5 Å². The number of halogens is 2. The molecule has 0 saturated heterocycles. The van der Waals surface area contributed by atoms with Gasteiger partial charge in [-0.3, -0.25) is 11.3 Å². The molecule has 1 aromatic carbocycles. The number of rotatable bonds is 7. The van der Waals surface area contributed by atoms with Crippen LogP contribution in [0, 0.1) is 5.82 Å². The number of nitrogens with two attached hydrogens (primary N) is 1. The molecule has 0 aliphatic heterocycles. The summed E-state index contributed by atoms with van der Waals surface area (Å²) in [5.74, 6) is 5.33. The Morgan fingerprint density at radius 3 is 2.72 bits per heavy atom. The predicted octanol–water partition coefficient (Wildman–Crippen LogP) is 2.78. The summed E-state index contributed by atoms with van der Waals surface area (Å²) >= 11 is 3.42. The molecule has 2 atom stereocenters. The lowest BCUT2D eigenvalue weighted by atomic mass is 10.00. The van der Waals surface area contributed by atoms with Gasteiger partial charge in [-0.25, -0.2) is 4.39 Å². The van der Waals surface area contributed by atoms with Gasteiger partial charge in [0.05, 0.1) is 12.1 Å². The maximum atomic E-state index is 13.2. The second-order valence-corrected chi connectivity index (χ2v) is 4.97. The van der Waals surface area contributed by atoms with Crippen LogP contribution in [0.5, 0.6) is 0 Å². The number of hydrazine groups is 1. The van der Waals surface area contributed by atoms with Gasteiger partial charge in [-0.15, -0.1) is 0 Å². The van der Waals surface area contributed by atoms with Gasteiger partial charge in [-0.2, -0.15) is 0 Å². The zero-order valence-corrected chi connectivity index (χ0v) is 12.3. The molecule has 0 amide bonds. The molecule has 102 valence electrons. The molecule has 0 fully saturated rings. The zero-order chi connectivity index (χ0) is 13.5. The van der Waals surface area contributed by atoms with Crippen LogP contribution in [-0.2, 0) is 11.2 Å². The van der Waals surface area contributed by atoms with Gasteiger partial charge in [0, 0.05) is 11.1 Å². The zero-order valence-electron chi connectivity index (χ0n) is 10.7. The number of hydrogen-bond acceptors (Lipinski definition) is 3. The van der Waals surface area contributed by atoms with Gasteiger partial charge in [0.1, 0.15) is 5.82 Å². The topological polar surface area (TPSA) is 47.3 Å². The van der Waals surface area contributed by atoms with Crippen LogP contribution in [0.3, 0.4) is 0 Å². The van der Waals surface area contributed by atoms with Crippen LogP contribution in [0.1, 0.15) is 25.8 Å². The van der Waals surface area contributed by atoms with E-state index in [1.807, 2.05) is 13.8 Å². The third-order valence-corrected chi connectivity index (χ3v) is 3.67. The minimum absolute atomic E-state index is 0.0233. The first-order valence-corrected chi connectivity index (χ1v) is 6.93. The van der Waals surface area contributed by atoms with E-state index in [0.717, 1.165) is 16.5 Å². The Hall–Kier alpha value is -0.490. The normalized spacial score (nSPS) is 14.5. The molecule has 3 nitrogen and oxygen atoms in total. The second kappa shape index (κ2) is 7.84. The summed E-state index contributed by atoms with van der Waals surface area (Å²) in [7, 11) is 0. The molecule has 3 N–H and O–H groups in total. The molecular weight excluding hydrogens is 299 g/mol. The van der Waals surface area contributed by atoms with E-state index in [0.29, 0.717) is 13.0 Å². The molecule has 1 aromatic rings. The van der Waals surface area contributed by atoms with E-state index < -0.39 is 0 Å². The van der Waals surface area contributed by atoms with Crippen molar-refractivity contribution in [2.24, 2.45) is 5.84 Å². The van der Waals surface area contributed by atoms with E-state index in [9.17, 15) is 4.39 Å². The fraction of sp³-hybridized carbons (Fsp3) is 0.538.